The van der Waals surface area contributed by atoms with E-state index in [9.17, 15) is 19.2 Å². The molecule has 148 valence electrons. The van der Waals surface area contributed by atoms with Crippen LogP contribution in [0.1, 0.15) is 32.3 Å². The van der Waals surface area contributed by atoms with Gasteiger partial charge >= 0.3 is 0 Å². The number of amides is 4. The molecule has 3 aliphatic heterocycles. The maximum Gasteiger partial charge on any atom is 0.250 e. The molecule has 1 aromatic carbocycles. The number of fused-ring (bicyclic) bond motifs is 4. The van der Waals surface area contributed by atoms with E-state index in [0.29, 0.717) is 22.7 Å². The van der Waals surface area contributed by atoms with Crippen LogP contribution >= 0.6 is 11.6 Å². The van der Waals surface area contributed by atoms with E-state index in [1.54, 1.807) is 25.1 Å². The Morgan fingerprint density at radius 1 is 1.32 bits per heavy atom. The first kappa shape index (κ1) is 18.9. The SMILES string of the molecule is CC[C@H](C)N1C(=O)[C@H]2[C@@H](C1=O)[C@@]1(N[C@@H]2CC(N)=O)C(=O)Nc2c(Cl)cccc21. The van der Waals surface area contributed by atoms with Crippen molar-refractivity contribution >= 4 is 40.9 Å². The number of primary amides is 1. The van der Waals surface area contributed by atoms with Crippen LogP contribution in [0.3, 0.4) is 0 Å². The van der Waals surface area contributed by atoms with Crippen LogP contribution in [-0.2, 0) is 24.7 Å². The van der Waals surface area contributed by atoms with Crippen LogP contribution in [0.5, 0.6) is 0 Å². The van der Waals surface area contributed by atoms with Crippen LogP contribution < -0.4 is 16.4 Å². The lowest BCUT2D eigenvalue weighted by Crippen LogP contribution is -2.54. The quantitative estimate of drug-likeness (QED) is 0.639. The summed E-state index contributed by atoms with van der Waals surface area (Å²) in [6, 6.07) is 4.01. The van der Waals surface area contributed by atoms with Gasteiger partial charge in [0.2, 0.25) is 23.6 Å². The van der Waals surface area contributed by atoms with Gasteiger partial charge in [0.25, 0.3) is 0 Å². The second kappa shape index (κ2) is 6.28. The Morgan fingerprint density at radius 2 is 2.04 bits per heavy atom. The van der Waals surface area contributed by atoms with Gasteiger partial charge in [0.1, 0.15) is 5.54 Å². The van der Waals surface area contributed by atoms with Crippen molar-refractivity contribution in [1.29, 1.82) is 0 Å². The van der Waals surface area contributed by atoms with Gasteiger partial charge in [-0.3, -0.25) is 29.4 Å². The highest BCUT2D eigenvalue weighted by atomic mass is 35.5. The molecular formula is C19H21ClN4O4. The molecule has 8 nitrogen and oxygen atoms in total. The van der Waals surface area contributed by atoms with E-state index in [4.69, 9.17) is 17.3 Å². The Hall–Kier alpha value is -2.45. The number of carbonyl (C=O) groups excluding carboxylic acids is 4. The molecule has 3 aliphatic rings. The number of nitrogens with zero attached hydrogens (tertiary/aromatic N) is 1. The molecule has 0 aromatic heterocycles. The molecule has 2 fully saturated rings. The lowest BCUT2D eigenvalue weighted by Gasteiger charge is -2.31. The zero-order valence-electron chi connectivity index (χ0n) is 15.5. The number of halogens is 1. The van der Waals surface area contributed by atoms with Gasteiger partial charge in [-0.2, -0.15) is 0 Å². The molecule has 4 rings (SSSR count). The molecule has 4 N–H and O–H groups in total. The van der Waals surface area contributed by atoms with Crippen LogP contribution in [-0.4, -0.2) is 40.6 Å². The number of para-hydroxylation sites is 1. The van der Waals surface area contributed by atoms with Crippen LogP contribution in [0.25, 0.3) is 0 Å². The number of imide groups is 1. The second-order valence-corrected chi connectivity index (χ2v) is 8.06. The summed E-state index contributed by atoms with van der Waals surface area (Å²) in [5, 5.41) is 6.22. The highest BCUT2D eigenvalue weighted by Crippen LogP contribution is 2.54. The molecule has 0 saturated carbocycles. The Bertz CT molecular complexity index is 919. The third-order valence-electron chi connectivity index (χ3n) is 6.19. The fourth-order valence-electron chi connectivity index (χ4n) is 4.82. The number of hydrogen-bond donors (Lipinski definition) is 3. The topological polar surface area (TPSA) is 122 Å². The molecule has 1 spiro atoms. The molecule has 0 bridgehead atoms. The number of nitrogens with one attached hydrogen (secondary N) is 2. The number of nitrogens with two attached hydrogens (primary N) is 1. The van der Waals surface area contributed by atoms with E-state index in [0.717, 1.165) is 0 Å². The number of likely N-dealkylation sites (tertiary alicyclic amines) is 1. The van der Waals surface area contributed by atoms with Crippen LogP contribution in [0, 0.1) is 11.8 Å². The standard InChI is InChI=1S/C19H21ClN4O4/c1-3-8(2)24-16(26)13-11(7-12(21)25)23-19(14(13)17(24)27)9-5-4-6-10(20)15(9)22-18(19)28/h4-6,8,11,13-14,23H,3,7H2,1-2H3,(H2,21,25)(H,22,28)/t8-,11+,13+,14-,19+/m0/s1. The van der Waals surface area contributed by atoms with Crippen LogP contribution in [0.2, 0.25) is 5.02 Å². The van der Waals surface area contributed by atoms with Crippen molar-refractivity contribution in [3.05, 3.63) is 28.8 Å². The van der Waals surface area contributed by atoms with Crippen molar-refractivity contribution < 1.29 is 19.2 Å². The first-order valence-electron chi connectivity index (χ1n) is 9.27. The number of rotatable bonds is 4. The zero-order valence-corrected chi connectivity index (χ0v) is 16.2. The second-order valence-electron chi connectivity index (χ2n) is 7.65. The van der Waals surface area contributed by atoms with Crippen LogP contribution in [0.4, 0.5) is 5.69 Å². The predicted molar refractivity (Wildman–Crippen MR) is 101 cm³/mol. The molecule has 1 aromatic rings. The summed E-state index contributed by atoms with van der Waals surface area (Å²) in [5.41, 5.74) is 4.86. The Kier molecular flexibility index (Phi) is 4.24. The average Bonchev–Trinajstić information content (AvgIpc) is 3.21. The monoisotopic (exact) mass is 404 g/mol. The molecule has 0 aliphatic carbocycles. The summed E-state index contributed by atoms with van der Waals surface area (Å²) in [7, 11) is 0. The van der Waals surface area contributed by atoms with Crippen molar-refractivity contribution in [2.45, 2.75) is 44.3 Å². The van der Waals surface area contributed by atoms with Gasteiger partial charge in [-0.05, 0) is 19.4 Å². The highest BCUT2D eigenvalue weighted by Gasteiger charge is 2.70. The normalized spacial score (nSPS) is 31.9. The van der Waals surface area contributed by atoms with Crippen LogP contribution in [0.15, 0.2) is 18.2 Å². The Balaban J connectivity index is 1.90. The molecule has 3 heterocycles. The van der Waals surface area contributed by atoms with Crippen molar-refractivity contribution in [1.82, 2.24) is 10.2 Å². The minimum atomic E-state index is -1.46. The van der Waals surface area contributed by atoms with E-state index in [-0.39, 0.29) is 18.4 Å². The molecule has 5 atom stereocenters. The lowest BCUT2D eigenvalue weighted by atomic mass is 9.76. The first-order valence-corrected chi connectivity index (χ1v) is 9.65. The summed E-state index contributed by atoms with van der Waals surface area (Å²) < 4.78 is 0. The predicted octanol–water partition coefficient (Wildman–Crippen LogP) is 0.734. The van der Waals surface area contributed by atoms with E-state index >= 15 is 0 Å². The van der Waals surface area contributed by atoms with Gasteiger partial charge in [-0.1, -0.05) is 30.7 Å². The van der Waals surface area contributed by atoms with E-state index in [1.165, 1.54) is 4.90 Å². The van der Waals surface area contributed by atoms with Crippen molar-refractivity contribution in [2.75, 3.05) is 5.32 Å². The molecule has 4 amide bonds. The molecule has 9 heteroatoms. The summed E-state index contributed by atoms with van der Waals surface area (Å²) in [4.78, 5) is 52.6. The summed E-state index contributed by atoms with van der Waals surface area (Å²) in [5.74, 6) is -3.65. The number of benzene rings is 1. The van der Waals surface area contributed by atoms with E-state index in [2.05, 4.69) is 10.6 Å². The third kappa shape index (κ3) is 2.28. The van der Waals surface area contributed by atoms with Gasteiger partial charge in [0.05, 0.1) is 22.5 Å². The third-order valence-corrected chi connectivity index (χ3v) is 6.50. The molecule has 0 unspecified atom stereocenters. The Morgan fingerprint density at radius 3 is 2.68 bits per heavy atom. The van der Waals surface area contributed by atoms with Gasteiger partial charge in [-0.25, -0.2) is 0 Å². The summed E-state index contributed by atoms with van der Waals surface area (Å²) >= 11 is 6.25. The van der Waals surface area contributed by atoms with Crippen molar-refractivity contribution in [2.24, 2.45) is 17.6 Å². The molecule has 28 heavy (non-hydrogen) atoms. The molecule has 0 radical (unpaired) electrons. The number of anilines is 1. The average molecular weight is 405 g/mol. The fraction of sp³-hybridized carbons (Fsp3) is 0.474. The van der Waals surface area contributed by atoms with Gasteiger partial charge < -0.3 is 11.1 Å². The maximum atomic E-state index is 13.4. The number of hydrogen-bond acceptors (Lipinski definition) is 5. The van der Waals surface area contributed by atoms with Gasteiger partial charge in [0.15, 0.2) is 0 Å². The number of carbonyl (C=O) groups is 4. The maximum absolute atomic E-state index is 13.4. The molecule has 2 saturated heterocycles. The van der Waals surface area contributed by atoms with Crippen molar-refractivity contribution in [3.63, 3.8) is 0 Å². The Labute approximate surface area is 166 Å². The minimum Gasteiger partial charge on any atom is -0.370 e. The lowest BCUT2D eigenvalue weighted by molar-refractivity contribution is -0.145. The van der Waals surface area contributed by atoms with Crippen molar-refractivity contribution in [3.8, 4) is 0 Å². The fourth-order valence-corrected chi connectivity index (χ4v) is 5.05. The van der Waals surface area contributed by atoms with E-state index < -0.39 is 41.1 Å². The largest absolute Gasteiger partial charge is 0.370 e. The van der Waals surface area contributed by atoms with E-state index in [1.807, 2.05) is 6.92 Å². The van der Waals surface area contributed by atoms with Gasteiger partial charge in [-0.15, -0.1) is 0 Å². The van der Waals surface area contributed by atoms with Gasteiger partial charge in [0, 0.05) is 24.1 Å². The minimum absolute atomic E-state index is 0.153. The first-order chi connectivity index (χ1) is 13.2. The summed E-state index contributed by atoms with van der Waals surface area (Å²) in [6.07, 6.45) is 0.436. The zero-order chi connectivity index (χ0) is 20.4. The summed E-state index contributed by atoms with van der Waals surface area (Å²) in [6.45, 7) is 3.67. The smallest absolute Gasteiger partial charge is 0.250 e. The highest BCUT2D eigenvalue weighted by molar-refractivity contribution is 6.35. The molecular weight excluding hydrogens is 384 g/mol.